The van der Waals surface area contributed by atoms with Crippen molar-refractivity contribution in [3.8, 4) is 0 Å². The molecule has 1 aliphatic heterocycles. The molecule has 1 fully saturated rings. The molecule has 160 valence electrons. The molecule has 9 heteroatoms. The fraction of sp³-hybridized carbons (Fsp3) is 0.632. The molecule has 28 heavy (non-hydrogen) atoms. The van der Waals surface area contributed by atoms with Crippen molar-refractivity contribution in [2.45, 2.75) is 38.7 Å². The first kappa shape index (κ1) is 25.0. The third-order valence-electron chi connectivity index (χ3n) is 4.82. The van der Waals surface area contributed by atoms with Gasteiger partial charge < -0.3 is 15.0 Å². The molecule has 2 unspecified atom stereocenters. The van der Waals surface area contributed by atoms with E-state index in [-0.39, 0.29) is 24.0 Å². The summed E-state index contributed by atoms with van der Waals surface area (Å²) < 4.78 is 43.5. The smallest absolute Gasteiger partial charge is 0.379 e. The number of alkyl halides is 3. The van der Waals surface area contributed by atoms with E-state index in [4.69, 9.17) is 4.74 Å². The molecule has 1 N–H and O–H groups in total. The third-order valence-corrected chi connectivity index (χ3v) is 4.82. The fourth-order valence-electron chi connectivity index (χ4n) is 3.28. The first-order valence-electron chi connectivity index (χ1n) is 9.13. The molecule has 0 aromatic heterocycles. The maximum absolute atomic E-state index is 12.7. The number of nitrogens with zero attached hydrogens (tertiary/aromatic N) is 3. The highest BCUT2D eigenvalue weighted by Gasteiger charge is 2.30. The molecule has 1 saturated heterocycles. The maximum atomic E-state index is 12.7. The van der Waals surface area contributed by atoms with Crippen LogP contribution in [0.1, 0.15) is 25.0 Å². The Bertz CT molecular complexity index is 625. The molecule has 1 aromatic carbocycles. The monoisotopic (exact) mass is 514 g/mol. The van der Waals surface area contributed by atoms with Gasteiger partial charge in [0.1, 0.15) is 0 Å². The Kier molecular flexibility index (Phi) is 9.99. The van der Waals surface area contributed by atoms with Gasteiger partial charge >= 0.3 is 6.18 Å². The van der Waals surface area contributed by atoms with Crippen molar-refractivity contribution in [1.29, 1.82) is 0 Å². The molecule has 0 bridgehead atoms. The number of hydrogen-bond donors (Lipinski definition) is 1. The van der Waals surface area contributed by atoms with E-state index in [0.29, 0.717) is 24.6 Å². The summed E-state index contributed by atoms with van der Waals surface area (Å²) in [5.41, 5.74) is 0.160. The van der Waals surface area contributed by atoms with Gasteiger partial charge in [0.25, 0.3) is 0 Å². The van der Waals surface area contributed by atoms with Crippen LogP contribution in [-0.2, 0) is 17.5 Å². The summed E-state index contributed by atoms with van der Waals surface area (Å²) in [6, 6.07) is 5.93. The average molecular weight is 514 g/mol. The van der Waals surface area contributed by atoms with Gasteiger partial charge in [-0.15, -0.1) is 24.0 Å². The molecular weight excluding hydrogens is 484 g/mol. The summed E-state index contributed by atoms with van der Waals surface area (Å²) in [5, 5.41) is 3.36. The lowest BCUT2D eigenvalue weighted by atomic mass is 10.1. The molecule has 0 aliphatic carbocycles. The highest BCUT2D eigenvalue weighted by molar-refractivity contribution is 14.0. The minimum atomic E-state index is -4.31. The Balaban J connectivity index is 0.00000392. The highest BCUT2D eigenvalue weighted by Crippen LogP contribution is 2.29. The summed E-state index contributed by atoms with van der Waals surface area (Å²) in [4.78, 5) is 8.59. The predicted octanol–water partition coefficient (Wildman–Crippen LogP) is 3.44. The van der Waals surface area contributed by atoms with E-state index in [1.54, 1.807) is 7.05 Å². The SMILES string of the molecule is CN=C(NCC(C)N1CCOCC1C)N(C)Cc1ccc(C(F)(F)F)cc1.I. The van der Waals surface area contributed by atoms with Gasteiger partial charge in [-0.05, 0) is 31.5 Å². The molecule has 2 atom stereocenters. The quantitative estimate of drug-likeness (QED) is 0.372. The van der Waals surface area contributed by atoms with Gasteiger partial charge in [0, 0.05) is 45.8 Å². The minimum Gasteiger partial charge on any atom is -0.379 e. The van der Waals surface area contributed by atoms with Crippen LogP contribution < -0.4 is 5.32 Å². The van der Waals surface area contributed by atoms with E-state index in [0.717, 1.165) is 44.0 Å². The third kappa shape index (κ3) is 7.07. The van der Waals surface area contributed by atoms with Gasteiger partial charge in [-0.25, -0.2) is 0 Å². The number of hydrogen-bond acceptors (Lipinski definition) is 3. The Morgan fingerprint density at radius 2 is 2.00 bits per heavy atom. The molecule has 5 nitrogen and oxygen atoms in total. The summed E-state index contributed by atoms with van der Waals surface area (Å²) in [7, 11) is 3.57. The van der Waals surface area contributed by atoms with E-state index >= 15 is 0 Å². The van der Waals surface area contributed by atoms with E-state index in [9.17, 15) is 13.2 Å². The van der Waals surface area contributed by atoms with Crippen molar-refractivity contribution < 1.29 is 17.9 Å². The zero-order chi connectivity index (χ0) is 20.0. The molecule has 0 saturated carbocycles. The van der Waals surface area contributed by atoms with Crippen LogP contribution in [0, 0.1) is 0 Å². The molecular formula is C19H30F3IN4O. The van der Waals surface area contributed by atoms with E-state index in [2.05, 4.69) is 29.1 Å². The average Bonchev–Trinajstić information content (AvgIpc) is 2.62. The molecule has 1 aliphatic rings. The topological polar surface area (TPSA) is 40.1 Å². The van der Waals surface area contributed by atoms with Crippen molar-refractivity contribution in [3.05, 3.63) is 35.4 Å². The summed E-state index contributed by atoms with van der Waals surface area (Å²) in [6.07, 6.45) is -4.31. The normalized spacial score (nSPS) is 19.7. The van der Waals surface area contributed by atoms with Gasteiger partial charge in [0.05, 0.1) is 18.8 Å². The van der Waals surface area contributed by atoms with Crippen LogP contribution in [0.5, 0.6) is 0 Å². The lowest BCUT2D eigenvalue weighted by Crippen LogP contribution is -2.53. The van der Waals surface area contributed by atoms with Gasteiger partial charge in [-0.1, -0.05) is 12.1 Å². The number of morpholine rings is 1. The molecule has 1 heterocycles. The first-order valence-corrected chi connectivity index (χ1v) is 9.13. The van der Waals surface area contributed by atoms with Gasteiger partial charge in [0.2, 0.25) is 0 Å². The van der Waals surface area contributed by atoms with Gasteiger partial charge in [-0.2, -0.15) is 13.2 Å². The van der Waals surface area contributed by atoms with Crippen LogP contribution in [0.3, 0.4) is 0 Å². The molecule has 0 amide bonds. The second-order valence-corrected chi connectivity index (χ2v) is 6.99. The number of rotatable bonds is 5. The summed E-state index contributed by atoms with van der Waals surface area (Å²) in [5.74, 6) is 0.711. The summed E-state index contributed by atoms with van der Waals surface area (Å²) >= 11 is 0. The van der Waals surface area contributed by atoms with Gasteiger partial charge in [-0.3, -0.25) is 9.89 Å². The number of ether oxygens (including phenoxy) is 1. The Hall–Kier alpha value is -1.07. The molecule has 0 spiro atoms. The number of halogens is 4. The van der Waals surface area contributed by atoms with Crippen molar-refractivity contribution in [2.75, 3.05) is 40.4 Å². The standard InChI is InChI=1S/C19H29F3N4O.HI/c1-14(26-9-10-27-13-15(26)2)11-24-18(23-3)25(4)12-16-5-7-17(8-6-16)19(20,21)22;/h5-8,14-15H,9-13H2,1-4H3,(H,23,24);1H. The Morgan fingerprint density at radius 1 is 1.36 bits per heavy atom. The fourth-order valence-corrected chi connectivity index (χ4v) is 3.28. The van der Waals surface area contributed by atoms with Crippen LogP contribution in [0.25, 0.3) is 0 Å². The van der Waals surface area contributed by atoms with Crippen molar-refractivity contribution in [1.82, 2.24) is 15.1 Å². The van der Waals surface area contributed by atoms with Crippen LogP contribution in [0.4, 0.5) is 13.2 Å². The van der Waals surface area contributed by atoms with Gasteiger partial charge in [0.15, 0.2) is 5.96 Å². The van der Waals surface area contributed by atoms with E-state index < -0.39 is 11.7 Å². The number of aliphatic imine (C=N–C) groups is 1. The summed E-state index contributed by atoms with van der Waals surface area (Å²) in [6.45, 7) is 7.92. The number of nitrogens with one attached hydrogen (secondary N) is 1. The van der Waals surface area contributed by atoms with Crippen LogP contribution in [-0.4, -0.2) is 68.2 Å². The Labute approximate surface area is 182 Å². The molecule has 0 radical (unpaired) electrons. The first-order chi connectivity index (χ1) is 12.7. The molecule has 1 aromatic rings. The number of guanidine groups is 1. The van der Waals surface area contributed by atoms with E-state index in [1.165, 1.54) is 12.1 Å². The highest BCUT2D eigenvalue weighted by atomic mass is 127. The van der Waals surface area contributed by atoms with Crippen molar-refractivity contribution in [2.24, 2.45) is 4.99 Å². The predicted molar refractivity (Wildman–Crippen MR) is 116 cm³/mol. The zero-order valence-electron chi connectivity index (χ0n) is 16.8. The second-order valence-electron chi connectivity index (χ2n) is 6.99. The number of benzene rings is 1. The maximum Gasteiger partial charge on any atom is 0.416 e. The minimum absolute atomic E-state index is 0. The van der Waals surface area contributed by atoms with Crippen LogP contribution in [0.2, 0.25) is 0 Å². The Morgan fingerprint density at radius 3 is 2.54 bits per heavy atom. The lowest BCUT2D eigenvalue weighted by molar-refractivity contribution is -0.137. The van der Waals surface area contributed by atoms with Crippen LogP contribution >= 0.6 is 24.0 Å². The largest absolute Gasteiger partial charge is 0.416 e. The van der Waals surface area contributed by atoms with Crippen molar-refractivity contribution in [3.63, 3.8) is 0 Å². The van der Waals surface area contributed by atoms with Crippen molar-refractivity contribution >= 4 is 29.9 Å². The van der Waals surface area contributed by atoms with E-state index in [1.807, 2.05) is 11.9 Å². The second kappa shape index (κ2) is 11.2. The van der Waals surface area contributed by atoms with Crippen LogP contribution in [0.15, 0.2) is 29.3 Å². The molecule has 2 rings (SSSR count). The lowest BCUT2D eigenvalue weighted by Gasteiger charge is -2.38. The zero-order valence-corrected chi connectivity index (χ0v) is 19.1.